The van der Waals surface area contributed by atoms with Crippen molar-refractivity contribution in [2.24, 2.45) is 0 Å². The summed E-state index contributed by atoms with van der Waals surface area (Å²) in [5.41, 5.74) is 4.40. The van der Waals surface area contributed by atoms with Crippen molar-refractivity contribution in [2.75, 3.05) is 0 Å². The first-order valence-corrected chi connectivity index (χ1v) is 9.50. The van der Waals surface area contributed by atoms with Crippen LogP contribution in [-0.2, 0) is 6.42 Å². The molecule has 2 unspecified atom stereocenters. The number of aryl methyl sites for hydroxylation is 1. The molecule has 0 saturated heterocycles. The summed E-state index contributed by atoms with van der Waals surface area (Å²) in [5, 5.41) is 0. The van der Waals surface area contributed by atoms with Gasteiger partial charge in [-0.25, -0.2) is 0 Å². The van der Waals surface area contributed by atoms with Crippen LogP contribution in [0.4, 0.5) is 0 Å². The molecule has 0 N–H and O–H groups in total. The summed E-state index contributed by atoms with van der Waals surface area (Å²) in [7, 11) is 0. The Hall–Kier alpha value is -2.34. The van der Waals surface area contributed by atoms with E-state index in [-0.39, 0.29) is 0 Å². The maximum absolute atomic E-state index is 2.32. The van der Waals surface area contributed by atoms with E-state index in [0.717, 1.165) is 6.42 Å². The number of hydrogen-bond donors (Lipinski definition) is 0. The van der Waals surface area contributed by atoms with Gasteiger partial charge < -0.3 is 0 Å². The van der Waals surface area contributed by atoms with E-state index in [4.69, 9.17) is 0 Å². The monoisotopic (exact) mass is 328 g/mol. The molecule has 0 aliphatic heterocycles. The molecular weight excluding hydrogens is 300 g/mol. The summed E-state index contributed by atoms with van der Waals surface area (Å²) < 4.78 is 0. The van der Waals surface area contributed by atoms with E-state index in [1.54, 1.807) is 0 Å². The molecule has 3 aromatic carbocycles. The summed E-state index contributed by atoms with van der Waals surface area (Å²) in [6.07, 6.45) is 4.76. The van der Waals surface area contributed by atoms with Crippen LogP contribution in [0, 0.1) is 0 Å². The van der Waals surface area contributed by atoms with Gasteiger partial charge in [-0.2, -0.15) is 0 Å². The van der Waals surface area contributed by atoms with Gasteiger partial charge in [0.05, 0.1) is 0 Å². The molecule has 0 fully saturated rings. The van der Waals surface area contributed by atoms with Crippen LogP contribution in [-0.4, -0.2) is 0 Å². The van der Waals surface area contributed by atoms with Gasteiger partial charge in [-0.15, -0.1) is 0 Å². The minimum Gasteiger partial charge on any atom is -0.0648 e. The lowest BCUT2D eigenvalue weighted by molar-refractivity contribution is 0.494. The Morgan fingerprint density at radius 3 is 1.60 bits per heavy atom. The van der Waals surface area contributed by atoms with Gasteiger partial charge in [-0.05, 0) is 54.2 Å². The van der Waals surface area contributed by atoms with E-state index in [9.17, 15) is 0 Å². The maximum Gasteiger partial charge on any atom is -0.0153 e. The lowest BCUT2D eigenvalue weighted by atomic mass is 9.81. The molecule has 0 radical (unpaired) electrons. The van der Waals surface area contributed by atoms with Crippen molar-refractivity contribution in [3.05, 3.63) is 108 Å². The molecule has 0 aromatic heterocycles. The van der Waals surface area contributed by atoms with Crippen LogP contribution in [0.1, 0.15) is 54.7 Å². The Morgan fingerprint density at radius 2 is 1.08 bits per heavy atom. The van der Waals surface area contributed by atoms with E-state index < -0.39 is 0 Å². The number of benzene rings is 3. The molecule has 0 heteroatoms. The fraction of sp³-hybridized carbons (Fsp3) is 0.280. The molecule has 2 atom stereocenters. The quantitative estimate of drug-likeness (QED) is 0.418. The van der Waals surface area contributed by atoms with Gasteiger partial charge in [0.25, 0.3) is 0 Å². The average Bonchev–Trinajstić information content (AvgIpc) is 2.70. The summed E-state index contributed by atoms with van der Waals surface area (Å²) >= 11 is 0. The van der Waals surface area contributed by atoms with E-state index >= 15 is 0 Å². The molecule has 0 spiro atoms. The van der Waals surface area contributed by atoms with Gasteiger partial charge >= 0.3 is 0 Å². The van der Waals surface area contributed by atoms with Crippen LogP contribution in [0.5, 0.6) is 0 Å². The Labute approximate surface area is 152 Å². The maximum atomic E-state index is 2.32. The van der Waals surface area contributed by atoms with E-state index in [1.807, 2.05) is 0 Å². The van der Waals surface area contributed by atoms with Crippen molar-refractivity contribution >= 4 is 0 Å². The van der Waals surface area contributed by atoms with Crippen LogP contribution in [0.2, 0.25) is 0 Å². The first kappa shape index (κ1) is 17.5. The van der Waals surface area contributed by atoms with Gasteiger partial charge in [0.15, 0.2) is 0 Å². The minimum absolute atomic E-state index is 0.603. The zero-order chi connectivity index (χ0) is 17.3. The summed E-state index contributed by atoms with van der Waals surface area (Å²) in [6, 6.07) is 33.0. The highest BCUT2D eigenvalue weighted by atomic mass is 14.2. The van der Waals surface area contributed by atoms with Crippen molar-refractivity contribution < 1.29 is 0 Å². The van der Waals surface area contributed by atoms with Crippen LogP contribution in [0.3, 0.4) is 0 Å². The zero-order valence-electron chi connectivity index (χ0n) is 15.1. The lowest BCUT2D eigenvalue weighted by Gasteiger charge is -2.24. The molecule has 25 heavy (non-hydrogen) atoms. The molecule has 0 bridgehead atoms. The fourth-order valence-corrected chi connectivity index (χ4v) is 3.74. The highest BCUT2D eigenvalue weighted by molar-refractivity contribution is 5.24. The van der Waals surface area contributed by atoms with Crippen LogP contribution in [0.15, 0.2) is 91.0 Å². The standard InChI is InChI=1S/C25H28/c1-2-22(23-14-8-4-9-15-23)20-25(24-16-10-5-11-17-24)19-18-21-12-6-3-7-13-21/h3-17,22,25H,2,18-20H2,1H3. The number of rotatable bonds is 8. The lowest BCUT2D eigenvalue weighted by Crippen LogP contribution is -2.08. The first-order chi connectivity index (χ1) is 12.4. The van der Waals surface area contributed by atoms with E-state index in [2.05, 4.69) is 97.9 Å². The average molecular weight is 328 g/mol. The van der Waals surface area contributed by atoms with Gasteiger partial charge in [-0.3, -0.25) is 0 Å². The van der Waals surface area contributed by atoms with Gasteiger partial charge in [-0.1, -0.05) is 97.9 Å². The van der Waals surface area contributed by atoms with Crippen molar-refractivity contribution in [3.63, 3.8) is 0 Å². The summed E-state index contributed by atoms with van der Waals surface area (Å²) in [5.74, 6) is 1.23. The smallest absolute Gasteiger partial charge is 0.0153 e. The molecule has 0 heterocycles. The fourth-order valence-electron chi connectivity index (χ4n) is 3.74. The van der Waals surface area contributed by atoms with Crippen LogP contribution in [0.25, 0.3) is 0 Å². The van der Waals surface area contributed by atoms with E-state index in [1.165, 1.54) is 36.0 Å². The Kier molecular flexibility index (Phi) is 6.45. The summed E-state index contributed by atoms with van der Waals surface area (Å²) in [4.78, 5) is 0. The molecule has 3 rings (SSSR count). The predicted octanol–water partition coefficient (Wildman–Crippen LogP) is 6.99. The largest absolute Gasteiger partial charge is 0.0648 e. The summed E-state index contributed by atoms with van der Waals surface area (Å²) in [6.45, 7) is 2.32. The second kappa shape index (κ2) is 9.22. The number of hydrogen-bond acceptors (Lipinski definition) is 0. The van der Waals surface area contributed by atoms with Gasteiger partial charge in [0, 0.05) is 0 Å². The first-order valence-electron chi connectivity index (χ1n) is 9.50. The van der Waals surface area contributed by atoms with Crippen molar-refractivity contribution in [1.29, 1.82) is 0 Å². The molecule has 0 nitrogen and oxygen atoms in total. The molecular formula is C25H28. The third-order valence-electron chi connectivity index (χ3n) is 5.23. The van der Waals surface area contributed by atoms with Gasteiger partial charge in [0.1, 0.15) is 0 Å². The van der Waals surface area contributed by atoms with Crippen molar-refractivity contribution in [3.8, 4) is 0 Å². The Bertz CT molecular complexity index is 716. The Balaban J connectivity index is 1.76. The van der Waals surface area contributed by atoms with E-state index in [0.29, 0.717) is 11.8 Å². The highest BCUT2D eigenvalue weighted by Gasteiger charge is 2.18. The molecule has 128 valence electrons. The third-order valence-corrected chi connectivity index (χ3v) is 5.23. The van der Waals surface area contributed by atoms with Crippen LogP contribution < -0.4 is 0 Å². The van der Waals surface area contributed by atoms with Crippen LogP contribution >= 0.6 is 0 Å². The predicted molar refractivity (Wildman–Crippen MR) is 108 cm³/mol. The third kappa shape index (κ3) is 5.06. The van der Waals surface area contributed by atoms with Crippen molar-refractivity contribution in [2.45, 2.75) is 44.4 Å². The minimum atomic E-state index is 0.603. The second-order valence-electron chi connectivity index (χ2n) is 6.88. The molecule has 0 saturated carbocycles. The second-order valence-corrected chi connectivity index (χ2v) is 6.88. The Morgan fingerprint density at radius 1 is 0.600 bits per heavy atom. The molecule has 3 aromatic rings. The van der Waals surface area contributed by atoms with Crippen molar-refractivity contribution in [1.82, 2.24) is 0 Å². The highest BCUT2D eigenvalue weighted by Crippen LogP contribution is 2.35. The zero-order valence-corrected chi connectivity index (χ0v) is 15.1. The normalized spacial score (nSPS) is 13.3. The molecule has 0 aliphatic rings. The van der Waals surface area contributed by atoms with Gasteiger partial charge in [0.2, 0.25) is 0 Å². The molecule has 0 aliphatic carbocycles. The topological polar surface area (TPSA) is 0 Å². The molecule has 0 amide bonds. The SMILES string of the molecule is CCC(CC(CCc1ccccc1)c1ccccc1)c1ccccc1.